The molecule has 2 aromatic heterocycles. The molecule has 0 saturated carbocycles. The summed E-state index contributed by atoms with van der Waals surface area (Å²) in [6.45, 7) is 0. The molecule has 0 amide bonds. The van der Waals surface area contributed by atoms with Crippen LogP contribution >= 0.6 is 11.6 Å². The second-order valence-electron chi connectivity index (χ2n) is 3.57. The molecule has 5 heteroatoms. The topological polar surface area (TPSA) is 54.7 Å². The van der Waals surface area contributed by atoms with Crippen LogP contribution in [-0.2, 0) is 0 Å². The predicted octanol–water partition coefficient (Wildman–Crippen LogP) is 3.09. The van der Waals surface area contributed by atoms with Gasteiger partial charge in [0.05, 0.1) is 17.4 Å². The molecule has 3 nitrogen and oxygen atoms in total. The second kappa shape index (κ2) is 3.09. The molecule has 0 fully saturated rings. The Morgan fingerprint density at radius 2 is 2.19 bits per heavy atom. The summed E-state index contributed by atoms with van der Waals surface area (Å²) in [5.74, 6) is -0.313. The van der Waals surface area contributed by atoms with Gasteiger partial charge in [-0.3, -0.25) is 0 Å². The average molecular weight is 236 g/mol. The van der Waals surface area contributed by atoms with Crippen molar-refractivity contribution in [3.8, 4) is 0 Å². The van der Waals surface area contributed by atoms with E-state index in [1.807, 2.05) is 0 Å². The van der Waals surface area contributed by atoms with Crippen molar-refractivity contribution in [3.63, 3.8) is 0 Å². The molecule has 0 atom stereocenters. The molecular weight excluding hydrogens is 229 g/mol. The van der Waals surface area contributed by atoms with Gasteiger partial charge in [-0.15, -0.1) is 0 Å². The first kappa shape index (κ1) is 9.42. The molecule has 0 aliphatic heterocycles. The quantitative estimate of drug-likeness (QED) is 0.589. The minimum absolute atomic E-state index is 0.313. The molecule has 16 heavy (non-hydrogen) atoms. The Labute approximate surface area is 95.0 Å². The summed E-state index contributed by atoms with van der Waals surface area (Å²) in [6, 6.07) is 4.46. The fourth-order valence-electron chi connectivity index (χ4n) is 1.85. The first-order valence-electron chi connectivity index (χ1n) is 4.68. The zero-order valence-electron chi connectivity index (χ0n) is 8.09. The van der Waals surface area contributed by atoms with Gasteiger partial charge in [-0.05, 0) is 18.2 Å². The molecule has 0 bridgehead atoms. The highest BCUT2D eigenvalue weighted by molar-refractivity contribution is 6.37. The number of nitrogen functional groups attached to an aromatic ring is 1. The number of aromatic amines is 1. The largest absolute Gasteiger partial charge is 0.396 e. The predicted molar refractivity (Wildman–Crippen MR) is 63.0 cm³/mol. The minimum Gasteiger partial charge on any atom is -0.396 e. The van der Waals surface area contributed by atoms with E-state index >= 15 is 0 Å². The highest BCUT2D eigenvalue weighted by Crippen LogP contribution is 2.33. The van der Waals surface area contributed by atoms with Crippen molar-refractivity contribution in [2.75, 3.05) is 5.73 Å². The monoisotopic (exact) mass is 235 g/mol. The number of hydrogen-bond acceptors (Lipinski definition) is 2. The van der Waals surface area contributed by atoms with E-state index in [1.165, 1.54) is 18.3 Å². The molecule has 80 valence electrons. The van der Waals surface area contributed by atoms with Crippen molar-refractivity contribution < 1.29 is 4.39 Å². The van der Waals surface area contributed by atoms with Gasteiger partial charge in [0, 0.05) is 16.3 Å². The minimum atomic E-state index is -0.313. The number of hydrogen-bond donors (Lipinski definition) is 2. The van der Waals surface area contributed by atoms with Crippen molar-refractivity contribution in [2.24, 2.45) is 0 Å². The van der Waals surface area contributed by atoms with E-state index in [0.29, 0.717) is 27.1 Å². The molecule has 1 aromatic carbocycles. The Morgan fingerprint density at radius 1 is 1.38 bits per heavy atom. The number of nitrogens with zero attached hydrogens (tertiary/aromatic N) is 1. The third-order valence-electron chi connectivity index (χ3n) is 2.57. The number of rotatable bonds is 0. The maximum Gasteiger partial charge on any atom is 0.139 e. The fourth-order valence-corrected chi connectivity index (χ4v) is 2.10. The number of aromatic nitrogens is 2. The Morgan fingerprint density at radius 3 is 3.00 bits per heavy atom. The fraction of sp³-hybridized carbons (Fsp3) is 0. The molecular formula is C11H7ClFN3. The summed E-state index contributed by atoms with van der Waals surface area (Å²) in [7, 11) is 0. The highest BCUT2D eigenvalue weighted by atomic mass is 35.5. The van der Waals surface area contributed by atoms with Crippen molar-refractivity contribution in [2.45, 2.75) is 0 Å². The number of nitrogens with two attached hydrogens (primary N) is 1. The van der Waals surface area contributed by atoms with E-state index in [2.05, 4.69) is 9.97 Å². The molecule has 0 aliphatic rings. The van der Waals surface area contributed by atoms with Crippen molar-refractivity contribution in [1.82, 2.24) is 9.97 Å². The van der Waals surface area contributed by atoms with Crippen LogP contribution < -0.4 is 5.73 Å². The van der Waals surface area contributed by atoms with Gasteiger partial charge < -0.3 is 10.7 Å². The van der Waals surface area contributed by atoms with Crippen LogP contribution in [0.4, 0.5) is 10.1 Å². The third kappa shape index (κ3) is 1.17. The van der Waals surface area contributed by atoms with E-state index in [1.54, 1.807) is 6.07 Å². The van der Waals surface area contributed by atoms with E-state index in [4.69, 9.17) is 17.3 Å². The highest BCUT2D eigenvalue weighted by Gasteiger charge is 2.11. The SMILES string of the molecule is Nc1cnc(Cl)c2c1[nH]c1ccc(F)cc12. The van der Waals surface area contributed by atoms with Gasteiger partial charge in [-0.25, -0.2) is 9.37 Å². The van der Waals surface area contributed by atoms with Crippen molar-refractivity contribution in [3.05, 3.63) is 35.4 Å². The first-order valence-corrected chi connectivity index (χ1v) is 5.05. The van der Waals surface area contributed by atoms with E-state index in [-0.39, 0.29) is 5.82 Å². The number of anilines is 1. The van der Waals surface area contributed by atoms with Gasteiger partial charge in [0.2, 0.25) is 0 Å². The number of nitrogens with one attached hydrogen (secondary N) is 1. The van der Waals surface area contributed by atoms with Gasteiger partial charge in [-0.2, -0.15) is 0 Å². The Bertz CT molecular complexity index is 705. The van der Waals surface area contributed by atoms with Crippen molar-refractivity contribution in [1.29, 1.82) is 0 Å². The van der Waals surface area contributed by atoms with Crippen LogP contribution in [-0.4, -0.2) is 9.97 Å². The lowest BCUT2D eigenvalue weighted by Crippen LogP contribution is -1.88. The molecule has 3 rings (SSSR count). The van der Waals surface area contributed by atoms with Gasteiger partial charge >= 0.3 is 0 Å². The molecule has 0 unspecified atom stereocenters. The van der Waals surface area contributed by atoms with Crippen LogP contribution in [0.3, 0.4) is 0 Å². The number of H-pyrrole nitrogens is 1. The Kier molecular flexibility index (Phi) is 1.82. The summed E-state index contributed by atoms with van der Waals surface area (Å²) in [5, 5.41) is 1.68. The lowest BCUT2D eigenvalue weighted by Gasteiger charge is -1.97. The second-order valence-corrected chi connectivity index (χ2v) is 3.93. The summed E-state index contributed by atoms with van der Waals surface area (Å²) in [6.07, 6.45) is 1.48. The van der Waals surface area contributed by atoms with Gasteiger partial charge in [-0.1, -0.05) is 11.6 Å². The van der Waals surface area contributed by atoms with E-state index < -0.39 is 0 Å². The molecule has 3 N–H and O–H groups in total. The molecule has 2 heterocycles. The van der Waals surface area contributed by atoms with Gasteiger partial charge in [0.15, 0.2) is 0 Å². The van der Waals surface area contributed by atoms with Crippen molar-refractivity contribution >= 4 is 39.1 Å². The molecule has 0 aliphatic carbocycles. The van der Waals surface area contributed by atoms with Crippen LogP contribution in [0, 0.1) is 5.82 Å². The summed E-state index contributed by atoms with van der Waals surface area (Å²) in [4.78, 5) is 7.06. The molecule has 0 radical (unpaired) electrons. The maximum atomic E-state index is 13.2. The van der Waals surface area contributed by atoms with E-state index in [0.717, 1.165) is 5.52 Å². The standard InChI is InChI=1S/C11H7ClFN3/c12-11-9-6-3-5(13)1-2-8(6)16-10(9)7(14)4-15-11/h1-4,16H,14H2. The van der Waals surface area contributed by atoms with Crippen LogP contribution in [0.1, 0.15) is 0 Å². The number of benzene rings is 1. The third-order valence-corrected chi connectivity index (χ3v) is 2.86. The van der Waals surface area contributed by atoms with E-state index in [9.17, 15) is 4.39 Å². The number of fused-ring (bicyclic) bond motifs is 3. The lowest BCUT2D eigenvalue weighted by molar-refractivity contribution is 0.630. The van der Waals surface area contributed by atoms with Gasteiger partial charge in [0.1, 0.15) is 11.0 Å². The van der Waals surface area contributed by atoms with Crippen LogP contribution in [0.15, 0.2) is 24.4 Å². The molecule has 0 spiro atoms. The summed E-state index contributed by atoms with van der Waals surface area (Å²) < 4.78 is 13.2. The van der Waals surface area contributed by atoms with Crippen LogP contribution in [0.5, 0.6) is 0 Å². The summed E-state index contributed by atoms with van der Waals surface area (Å²) in [5.41, 5.74) is 7.76. The average Bonchev–Trinajstić information content (AvgIpc) is 2.63. The molecule has 0 saturated heterocycles. The zero-order chi connectivity index (χ0) is 11.3. The smallest absolute Gasteiger partial charge is 0.139 e. The molecule has 3 aromatic rings. The van der Waals surface area contributed by atoms with Gasteiger partial charge in [0.25, 0.3) is 0 Å². The number of pyridine rings is 1. The first-order chi connectivity index (χ1) is 7.66. The Hall–Kier alpha value is -1.81. The van der Waals surface area contributed by atoms with Crippen LogP contribution in [0.2, 0.25) is 5.15 Å². The number of halogens is 2. The Balaban J connectivity index is 2.62. The maximum absolute atomic E-state index is 13.2. The summed E-state index contributed by atoms with van der Waals surface area (Å²) >= 11 is 5.99. The van der Waals surface area contributed by atoms with Crippen LogP contribution in [0.25, 0.3) is 21.8 Å². The lowest BCUT2D eigenvalue weighted by atomic mass is 10.2. The zero-order valence-corrected chi connectivity index (χ0v) is 8.85. The normalized spacial score (nSPS) is 11.4.